The molecular weight excluding hydrogens is 200 g/mol. The zero-order chi connectivity index (χ0) is 11.2. The summed E-state index contributed by atoms with van der Waals surface area (Å²) in [7, 11) is 2.08. The third-order valence-corrected chi connectivity index (χ3v) is 3.73. The maximum atomic E-state index is 5.66. The normalized spacial score (nSPS) is 27.2. The van der Waals surface area contributed by atoms with E-state index in [1.165, 1.54) is 51.7 Å². The fourth-order valence-electron chi connectivity index (χ4n) is 2.42. The minimum absolute atomic E-state index is 0.709. The van der Waals surface area contributed by atoms with E-state index in [2.05, 4.69) is 17.3 Å². The quantitative estimate of drug-likeness (QED) is 0.666. The van der Waals surface area contributed by atoms with Gasteiger partial charge >= 0.3 is 0 Å². The first-order valence-electron chi connectivity index (χ1n) is 6.86. The van der Waals surface area contributed by atoms with Crippen molar-refractivity contribution >= 4 is 0 Å². The summed E-state index contributed by atoms with van der Waals surface area (Å²) >= 11 is 0. The van der Waals surface area contributed by atoms with E-state index in [9.17, 15) is 0 Å². The molecule has 0 aromatic carbocycles. The lowest BCUT2D eigenvalue weighted by Gasteiger charge is -2.32. The molecule has 1 aliphatic carbocycles. The molecule has 0 aromatic heterocycles. The van der Waals surface area contributed by atoms with Crippen molar-refractivity contribution in [2.24, 2.45) is 5.92 Å². The van der Waals surface area contributed by atoms with Gasteiger partial charge in [-0.2, -0.15) is 0 Å². The average molecular weight is 226 g/mol. The molecule has 2 fully saturated rings. The summed E-state index contributed by atoms with van der Waals surface area (Å²) in [6.07, 6.45) is 6.68. The van der Waals surface area contributed by atoms with Gasteiger partial charge in [0.25, 0.3) is 0 Å². The molecule has 0 spiro atoms. The van der Waals surface area contributed by atoms with E-state index < -0.39 is 0 Å². The highest BCUT2D eigenvalue weighted by Gasteiger charge is 2.21. The van der Waals surface area contributed by atoms with Crippen molar-refractivity contribution in [2.75, 3.05) is 39.9 Å². The summed E-state index contributed by atoms with van der Waals surface area (Å²) in [4.78, 5) is 2.57. The molecule has 1 N–H and O–H groups in total. The number of piperidine rings is 1. The molecule has 1 saturated carbocycles. The fraction of sp³-hybridized carbons (Fsp3) is 1.00. The second-order valence-corrected chi connectivity index (χ2v) is 5.30. The predicted octanol–water partition coefficient (Wildman–Crippen LogP) is 1.49. The Labute approximate surface area is 99.5 Å². The molecule has 3 heteroatoms. The first-order chi connectivity index (χ1) is 7.88. The molecular formula is C13H26N2O. The largest absolute Gasteiger partial charge is 0.381 e. The van der Waals surface area contributed by atoms with Gasteiger partial charge in [0.2, 0.25) is 0 Å². The number of hydrogen-bond donors (Lipinski definition) is 1. The van der Waals surface area contributed by atoms with Gasteiger partial charge in [-0.25, -0.2) is 0 Å². The van der Waals surface area contributed by atoms with Crippen LogP contribution in [0.1, 0.15) is 32.1 Å². The summed E-state index contributed by atoms with van der Waals surface area (Å²) in [6.45, 7) is 5.68. The second-order valence-electron chi connectivity index (χ2n) is 5.30. The molecule has 94 valence electrons. The molecule has 1 heterocycles. The van der Waals surface area contributed by atoms with E-state index in [0.717, 1.165) is 19.1 Å². The van der Waals surface area contributed by atoms with Gasteiger partial charge in [0.05, 0.1) is 0 Å². The molecule has 1 atom stereocenters. The average Bonchev–Trinajstić information content (AvgIpc) is 3.13. The van der Waals surface area contributed by atoms with Crippen molar-refractivity contribution in [2.45, 2.75) is 38.1 Å². The molecule has 3 nitrogen and oxygen atoms in total. The number of nitrogens with zero attached hydrogens (tertiary/aromatic N) is 1. The molecule has 0 bridgehead atoms. The molecule has 0 aromatic rings. The first kappa shape index (κ1) is 12.3. The van der Waals surface area contributed by atoms with Gasteiger partial charge in [0.1, 0.15) is 0 Å². The van der Waals surface area contributed by atoms with E-state index in [-0.39, 0.29) is 0 Å². The number of hydrogen-bond acceptors (Lipinski definition) is 3. The highest BCUT2D eigenvalue weighted by Crippen LogP contribution is 2.28. The Morgan fingerprint density at radius 2 is 2.19 bits per heavy atom. The Morgan fingerprint density at radius 1 is 1.31 bits per heavy atom. The fourth-order valence-corrected chi connectivity index (χ4v) is 2.42. The smallest absolute Gasteiger partial charge is 0.0494 e. The number of rotatable bonds is 7. The van der Waals surface area contributed by atoms with Crippen LogP contribution in [0.3, 0.4) is 0 Å². The maximum absolute atomic E-state index is 5.66. The highest BCUT2D eigenvalue weighted by molar-refractivity contribution is 4.76. The summed E-state index contributed by atoms with van der Waals surface area (Å²) in [5, 5.41) is 3.39. The summed E-state index contributed by atoms with van der Waals surface area (Å²) in [5.74, 6) is 0.906. The van der Waals surface area contributed by atoms with Crippen molar-refractivity contribution in [3.05, 3.63) is 0 Å². The lowest BCUT2D eigenvalue weighted by atomic mass is 10.1. The van der Waals surface area contributed by atoms with E-state index in [1.54, 1.807) is 0 Å². The standard InChI is InChI=1S/C13H26N2O/c1-14-13-4-2-7-15(10-13)8-3-9-16-11-12-5-6-12/h12-14H,2-11H2,1H3. The van der Waals surface area contributed by atoms with Crippen LogP contribution >= 0.6 is 0 Å². The Kier molecular flexibility index (Phi) is 5.07. The lowest BCUT2D eigenvalue weighted by molar-refractivity contribution is 0.106. The molecule has 16 heavy (non-hydrogen) atoms. The Bertz CT molecular complexity index is 194. The SMILES string of the molecule is CNC1CCCN(CCCOCC2CC2)C1. The molecule has 1 saturated heterocycles. The van der Waals surface area contributed by atoms with Crippen molar-refractivity contribution < 1.29 is 4.74 Å². The third kappa shape index (κ3) is 4.40. The predicted molar refractivity (Wildman–Crippen MR) is 66.7 cm³/mol. The van der Waals surface area contributed by atoms with Crippen LogP contribution in [0.4, 0.5) is 0 Å². The molecule has 0 radical (unpaired) electrons. The van der Waals surface area contributed by atoms with Gasteiger partial charge < -0.3 is 15.0 Å². The van der Waals surface area contributed by atoms with Crippen LogP contribution in [0.2, 0.25) is 0 Å². The van der Waals surface area contributed by atoms with Crippen molar-refractivity contribution in [3.63, 3.8) is 0 Å². The third-order valence-electron chi connectivity index (χ3n) is 3.73. The molecule has 1 aliphatic heterocycles. The van der Waals surface area contributed by atoms with Gasteiger partial charge in [-0.15, -0.1) is 0 Å². The van der Waals surface area contributed by atoms with E-state index in [4.69, 9.17) is 4.74 Å². The first-order valence-corrected chi connectivity index (χ1v) is 6.86. The molecule has 1 unspecified atom stereocenters. The maximum Gasteiger partial charge on any atom is 0.0494 e. The van der Waals surface area contributed by atoms with Crippen LogP contribution in [0.15, 0.2) is 0 Å². The van der Waals surface area contributed by atoms with Gasteiger partial charge in [0.15, 0.2) is 0 Å². The highest BCUT2D eigenvalue weighted by atomic mass is 16.5. The van der Waals surface area contributed by atoms with Crippen LogP contribution in [0.25, 0.3) is 0 Å². The van der Waals surface area contributed by atoms with Crippen LogP contribution < -0.4 is 5.32 Å². The van der Waals surface area contributed by atoms with Crippen molar-refractivity contribution in [3.8, 4) is 0 Å². The minimum atomic E-state index is 0.709. The number of likely N-dealkylation sites (N-methyl/N-ethyl adjacent to an activating group) is 1. The number of likely N-dealkylation sites (tertiary alicyclic amines) is 1. The van der Waals surface area contributed by atoms with Crippen LogP contribution in [0.5, 0.6) is 0 Å². The van der Waals surface area contributed by atoms with Gasteiger partial charge in [0, 0.05) is 32.3 Å². The van der Waals surface area contributed by atoms with Crippen LogP contribution in [-0.4, -0.2) is 50.8 Å². The van der Waals surface area contributed by atoms with Crippen LogP contribution in [0, 0.1) is 5.92 Å². The topological polar surface area (TPSA) is 24.5 Å². The van der Waals surface area contributed by atoms with Gasteiger partial charge in [-0.3, -0.25) is 0 Å². The van der Waals surface area contributed by atoms with Crippen LogP contribution in [-0.2, 0) is 4.74 Å². The Hall–Kier alpha value is -0.120. The number of ether oxygens (including phenoxy) is 1. The second kappa shape index (κ2) is 6.58. The number of nitrogens with one attached hydrogen (secondary N) is 1. The summed E-state index contributed by atoms with van der Waals surface area (Å²) in [5.41, 5.74) is 0. The van der Waals surface area contributed by atoms with E-state index in [1.807, 2.05) is 0 Å². The lowest BCUT2D eigenvalue weighted by Crippen LogP contribution is -2.44. The van der Waals surface area contributed by atoms with E-state index >= 15 is 0 Å². The zero-order valence-electron chi connectivity index (χ0n) is 10.6. The van der Waals surface area contributed by atoms with Crippen molar-refractivity contribution in [1.82, 2.24) is 10.2 Å². The summed E-state index contributed by atoms with van der Waals surface area (Å²) in [6, 6.07) is 0.709. The zero-order valence-corrected chi connectivity index (χ0v) is 10.6. The van der Waals surface area contributed by atoms with Gasteiger partial charge in [-0.1, -0.05) is 0 Å². The molecule has 2 aliphatic rings. The van der Waals surface area contributed by atoms with Crippen molar-refractivity contribution in [1.29, 1.82) is 0 Å². The Balaban J connectivity index is 1.47. The molecule has 0 amide bonds. The summed E-state index contributed by atoms with van der Waals surface area (Å²) < 4.78 is 5.66. The monoisotopic (exact) mass is 226 g/mol. The Morgan fingerprint density at radius 3 is 2.94 bits per heavy atom. The van der Waals surface area contributed by atoms with E-state index in [0.29, 0.717) is 6.04 Å². The molecule has 2 rings (SSSR count). The van der Waals surface area contributed by atoms with Gasteiger partial charge in [-0.05, 0) is 51.6 Å². The minimum Gasteiger partial charge on any atom is -0.381 e.